The van der Waals surface area contributed by atoms with Gasteiger partial charge in [0.15, 0.2) is 49.8 Å². The Morgan fingerprint density at radius 2 is 1.12 bits per heavy atom. The summed E-state index contributed by atoms with van der Waals surface area (Å²) in [5.74, 6) is -4.77. The molecule has 0 bridgehead atoms. The highest BCUT2D eigenvalue weighted by Crippen LogP contribution is 2.45. The van der Waals surface area contributed by atoms with Crippen LogP contribution in [0.3, 0.4) is 0 Å². The predicted octanol–water partition coefficient (Wildman–Crippen LogP) is 10.8. The summed E-state index contributed by atoms with van der Waals surface area (Å²) in [7, 11) is 2.77. The zero-order chi connectivity index (χ0) is 78.4. The molecule has 3 aromatic carbocycles. The molecule has 0 radical (unpaired) electrons. The van der Waals surface area contributed by atoms with E-state index in [0.717, 1.165) is 24.8 Å². The van der Waals surface area contributed by atoms with Crippen LogP contribution in [0.2, 0.25) is 0 Å². The van der Waals surface area contributed by atoms with Gasteiger partial charge in [0.1, 0.15) is 29.8 Å². The standard InChI is InChI=1S/C55H77NO19.C26H40O7/c1-13-39-46(32(7)33(8)51(70-39)64-26-42-29(4)28(3)24-44(69-42)68-38-22-20-37(62-11)21-23-38)74-52-47(73-50(59)36-18-16-15-17-19-36)31(6)30(5)43(71-52)27-65-55(53(60)63-12)25-41-45(56-54(61)72-41)49(75-55)48(67-35(10)58)40(14-2)66-34(9)57;1-7-21-23(17(4)18(5)25(28)31-21)33-26-24(30-19(6)27)16(3)15(2)22(32-26)14-29-13-20-11-9-8-10-12-20/h15-23,28-33,39-49,51-52H,13-14,24-27H2,1-12H3,(H,56,61);8-12,15-18,21-26,28H,7,13-14H2,1-6H3/t28-,29+,30-,31+,32-,33?,39?,40-,41-,42?,43?,44+,45-,46+,47?,48-,49?,51-,52+,55-;15-,16+,17-,18?,21?,22?,23+,24?,25-,26+/m11/s1. The number of hydrogen-bond acceptors (Lipinski definition) is 26. The minimum Gasteiger partial charge on any atom is -0.497 e. The molecule has 0 saturated carbocycles. The Morgan fingerprint density at radius 1 is 0.574 bits per heavy atom. The van der Waals surface area contributed by atoms with E-state index in [1.165, 1.54) is 20.8 Å². The molecule has 3 aromatic rings. The van der Waals surface area contributed by atoms with Gasteiger partial charge in [-0.1, -0.05) is 139 Å². The van der Waals surface area contributed by atoms with E-state index in [1.54, 1.807) is 44.4 Å². The molecule has 0 spiro atoms. The number of hydrogen-bond donors (Lipinski definition) is 2. The topological polar surface area (TPSA) is 310 Å². The first-order chi connectivity index (χ1) is 51.5. The first-order valence-electron chi connectivity index (χ1n) is 38.5. The summed E-state index contributed by atoms with van der Waals surface area (Å²) < 4.78 is 117. The van der Waals surface area contributed by atoms with Gasteiger partial charge in [-0.25, -0.2) is 14.4 Å². The second-order valence-electron chi connectivity index (χ2n) is 30.3. The predicted molar refractivity (Wildman–Crippen MR) is 388 cm³/mol. The maximum atomic E-state index is 14.1. The molecule has 2 N–H and O–H groups in total. The average molecular weight is 1520 g/mol. The highest BCUT2D eigenvalue weighted by atomic mass is 16.8. The lowest BCUT2D eigenvalue weighted by atomic mass is 9.82. The van der Waals surface area contributed by atoms with Gasteiger partial charge in [-0.05, 0) is 96.7 Å². The SMILES string of the molecule is CCC1O[C@@H](O)C(C)[C@@H](C)[C@@H]1O[C@@H]1OC(COCc2ccccc2)[C@H](C)[C@H](C)C1OC(C)=O.CCC1O[C@@H](OCC2O[C@H](Oc3ccc(OC)cc3)C[C@@H](C)[C@@H]2C)C(C)[C@@H](C)[C@@H]1O[C@@H]1OC(CO[C@]2(C(=O)OC)C[C@H]3OC(=O)N[C@H]3C([C@H](OC(C)=O)[C@@H](CC)OC(C)=O)O2)[C@H](C)[C@H](C)C1OC(=O)c1ccccc1. The summed E-state index contributed by atoms with van der Waals surface area (Å²) >= 11 is 0. The molecular formula is C81H117NO26. The van der Waals surface area contributed by atoms with Crippen LogP contribution in [0.25, 0.3) is 0 Å². The van der Waals surface area contributed by atoms with Gasteiger partial charge < -0.3 is 100 Å². The number of aliphatic hydroxyl groups excluding tert-OH is 1. The first kappa shape index (κ1) is 85.4. The van der Waals surface area contributed by atoms with Gasteiger partial charge in [0.25, 0.3) is 5.79 Å². The van der Waals surface area contributed by atoms with Crippen molar-refractivity contribution in [2.24, 2.45) is 59.2 Å². The van der Waals surface area contributed by atoms with Crippen molar-refractivity contribution < 1.29 is 124 Å². The van der Waals surface area contributed by atoms with Gasteiger partial charge in [-0.2, -0.15) is 0 Å². The highest BCUT2D eigenvalue weighted by molar-refractivity contribution is 5.89. The Labute approximate surface area is 635 Å². The zero-order valence-corrected chi connectivity index (χ0v) is 65.8. The van der Waals surface area contributed by atoms with Crippen molar-refractivity contribution in [2.75, 3.05) is 34.0 Å². The van der Waals surface area contributed by atoms with Gasteiger partial charge >= 0.3 is 35.9 Å². The van der Waals surface area contributed by atoms with Crippen molar-refractivity contribution in [1.82, 2.24) is 5.32 Å². The third kappa shape index (κ3) is 20.9. The molecule has 0 aliphatic carbocycles. The van der Waals surface area contributed by atoms with Crippen molar-refractivity contribution in [3.8, 4) is 11.5 Å². The summed E-state index contributed by atoms with van der Waals surface area (Å²) in [5, 5.41) is 13.0. The van der Waals surface area contributed by atoms with Crippen LogP contribution in [0.1, 0.15) is 159 Å². The molecule has 27 heteroatoms. The summed E-state index contributed by atoms with van der Waals surface area (Å²) in [4.78, 5) is 77.4. The lowest BCUT2D eigenvalue weighted by molar-refractivity contribution is -0.348. The average Bonchev–Trinajstić information content (AvgIpc) is 1.46. The molecule has 30 atom stereocenters. The molecule has 7 heterocycles. The molecule has 10 unspecified atom stereocenters. The largest absolute Gasteiger partial charge is 0.497 e. The van der Waals surface area contributed by atoms with E-state index in [0.29, 0.717) is 43.3 Å². The summed E-state index contributed by atoms with van der Waals surface area (Å²) in [5.41, 5.74) is 1.45. The first-order valence-corrected chi connectivity index (χ1v) is 38.5. The number of methoxy groups -OCH3 is 2. The van der Waals surface area contributed by atoms with Crippen LogP contribution >= 0.6 is 0 Å². The quantitative estimate of drug-likeness (QED) is 0.0504. The third-order valence-corrected chi connectivity index (χ3v) is 23.2. The van der Waals surface area contributed by atoms with Crippen molar-refractivity contribution in [1.29, 1.82) is 0 Å². The van der Waals surface area contributed by atoms with Gasteiger partial charge in [-0.15, -0.1) is 0 Å². The van der Waals surface area contributed by atoms with Crippen LogP contribution in [0.15, 0.2) is 84.9 Å². The van der Waals surface area contributed by atoms with E-state index in [2.05, 4.69) is 46.9 Å². The summed E-state index contributed by atoms with van der Waals surface area (Å²) in [6.45, 7) is 30.8. The fourth-order valence-electron chi connectivity index (χ4n) is 15.5. The van der Waals surface area contributed by atoms with Crippen LogP contribution in [0, 0.1) is 59.2 Å². The zero-order valence-electron chi connectivity index (χ0n) is 65.8. The Kier molecular flexibility index (Phi) is 30.9. The fraction of sp³-hybridized carbons (Fsp3) is 0.704. The Balaban J connectivity index is 0.000000339. The van der Waals surface area contributed by atoms with E-state index in [1.807, 2.05) is 96.1 Å². The van der Waals surface area contributed by atoms with Crippen LogP contribution < -0.4 is 14.8 Å². The Hall–Kier alpha value is -6.60. The number of ether oxygens (including phenoxy) is 19. The lowest BCUT2D eigenvalue weighted by Crippen LogP contribution is -2.66. The molecule has 7 saturated heterocycles. The third-order valence-electron chi connectivity index (χ3n) is 23.2. The molecule has 7 aliphatic rings. The van der Waals surface area contributed by atoms with Crippen molar-refractivity contribution in [2.45, 2.75) is 272 Å². The number of carbonyl (C=O) groups is 6. The van der Waals surface area contributed by atoms with E-state index < -0.39 is 140 Å². The minimum atomic E-state index is -2.26. The number of rotatable bonds is 28. The maximum Gasteiger partial charge on any atom is 0.407 e. The van der Waals surface area contributed by atoms with E-state index in [4.69, 9.17) is 90.0 Å². The van der Waals surface area contributed by atoms with Gasteiger partial charge in [0.05, 0.1) is 101 Å². The van der Waals surface area contributed by atoms with Crippen LogP contribution in [0.5, 0.6) is 11.5 Å². The van der Waals surface area contributed by atoms with Crippen LogP contribution in [-0.4, -0.2) is 198 Å². The smallest absolute Gasteiger partial charge is 0.407 e. The van der Waals surface area contributed by atoms with Crippen molar-refractivity contribution in [3.63, 3.8) is 0 Å². The van der Waals surface area contributed by atoms with Crippen LogP contribution in [-0.2, 0) is 106 Å². The van der Waals surface area contributed by atoms with Gasteiger partial charge in [0, 0.05) is 50.9 Å². The number of fused-ring (bicyclic) bond motifs is 1. The molecule has 27 nitrogen and oxygen atoms in total. The molecule has 1 amide bonds. The van der Waals surface area contributed by atoms with Crippen molar-refractivity contribution >= 4 is 35.9 Å². The fourth-order valence-corrected chi connectivity index (χ4v) is 15.5. The Bertz CT molecular complexity index is 3350. The molecular weight excluding hydrogens is 1400 g/mol. The normalized spacial score (nSPS) is 37.2. The number of amides is 1. The van der Waals surface area contributed by atoms with E-state index >= 15 is 0 Å². The summed E-state index contributed by atoms with van der Waals surface area (Å²) in [6, 6.07) is 25.1. The number of benzene rings is 3. The monoisotopic (exact) mass is 1520 g/mol. The number of esters is 5. The maximum absolute atomic E-state index is 14.1. The second-order valence-corrected chi connectivity index (χ2v) is 30.3. The highest BCUT2D eigenvalue weighted by Gasteiger charge is 2.62. The molecule has 108 heavy (non-hydrogen) atoms. The van der Waals surface area contributed by atoms with Crippen molar-refractivity contribution in [3.05, 3.63) is 96.1 Å². The summed E-state index contributed by atoms with van der Waals surface area (Å²) in [6.07, 6.45) is -12.0. The van der Waals surface area contributed by atoms with Gasteiger partial charge in [-0.3, -0.25) is 14.4 Å². The molecule has 602 valence electrons. The number of alkyl carbamates (subject to hydrolysis) is 1. The molecule has 7 fully saturated rings. The Morgan fingerprint density at radius 3 is 1.69 bits per heavy atom. The van der Waals surface area contributed by atoms with E-state index in [9.17, 15) is 33.9 Å². The number of carbonyl (C=O) groups excluding carboxylic acids is 6. The van der Waals surface area contributed by atoms with Crippen LogP contribution in [0.4, 0.5) is 4.79 Å². The minimum absolute atomic E-state index is 0.0147. The lowest BCUT2D eigenvalue weighted by Gasteiger charge is -2.50. The van der Waals surface area contributed by atoms with Gasteiger partial charge in [0.2, 0.25) is 0 Å². The molecule has 0 aromatic heterocycles. The number of aliphatic hydroxyl groups is 1. The molecule has 10 rings (SSSR count). The van der Waals surface area contributed by atoms with E-state index in [-0.39, 0.29) is 97.9 Å². The molecule has 7 aliphatic heterocycles. The second kappa shape index (κ2) is 39.0. The number of nitrogens with one attached hydrogen (secondary N) is 1.